The maximum Gasteiger partial charge on any atom is 0.150 e. The van der Waals surface area contributed by atoms with Gasteiger partial charge in [-0.1, -0.05) is 0 Å². The van der Waals surface area contributed by atoms with E-state index in [9.17, 15) is 0 Å². The highest BCUT2D eigenvalue weighted by Gasteiger charge is 2.18. The standard InChI is InChI=1S/C12H19IN2O2S/c1-18-7-6-16-9-10-8-15(14-12(10)13)11-4-2-3-5-17-11/h8,11H,2-7,9H2,1H3. The maximum atomic E-state index is 5.73. The molecule has 0 spiro atoms. The van der Waals surface area contributed by atoms with Crippen molar-refractivity contribution in [1.29, 1.82) is 0 Å². The van der Waals surface area contributed by atoms with Crippen LogP contribution in [-0.2, 0) is 16.1 Å². The second kappa shape index (κ2) is 7.72. The molecule has 1 unspecified atom stereocenters. The molecule has 1 aliphatic rings. The third-order valence-electron chi connectivity index (χ3n) is 2.90. The second-order valence-corrected chi connectivity index (χ2v) is 6.30. The zero-order chi connectivity index (χ0) is 12.8. The molecule has 4 nitrogen and oxygen atoms in total. The van der Waals surface area contributed by atoms with E-state index in [1.54, 1.807) is 11.8 Å². The predicted octanol–water partition coefficient (Wildman–Crippen LogP) is 3.07. The van der Waals surface area contributed by atoms with Gasteiger partial charge in [-0.25, -0.2) is 4.68 Å². The van der Waals surface area contributed by atoms with Crippen molar-refractivity contribution in [1.82, 2.24) is 9.78 Å². The fourth-order valence-electron chi connectivity index (χ4n) is 1.91. The van der Waals surface area contributed by atoms with E-state index in [0.717, 1.165) is 34.7 Å². The summed E-state index contributed by atoms with van der Waals surface area (Å²) in [4.78, 5) is 0. The molecule has 0 saturated carbocycles. The molecule has 1 saturated heterocycles. The lowest BCUT2D eigenvalue weighted by Crippen LogP contribution is -2.18. The summed E-state index contributed by atoms with van der Waals surface area (Å²) in [5.74, 6) is 1.04. The van der Waals surface area contributed by atoms with Gasteiger partial charge in [0.2, 0.25) is 0 Å². The molecule has 2 rings (SSSR count). The van der Waals surface area contributed by atoms with Crippen LogP contribution in [0.1, 0.15) is 31.1 Å². The first kappa shape index (κ1) is 14.6. The Balaban J connectivity index is 1.89. The SMILES string of the molecule is CSCCOCc1cn(C2CCCCO2)nc1I. The molecule has 0 bridgehead atoms. The van der Waals surface area contributed by atoms with Crippen LogP contribution in [0.15, 0.2) is 6.20 Å². The van der Waals surface area contributed by atoms with Crippen LogP contribution in [0.3, 0.4) is 0 Å². The lowest BCUT2D eigenvalue weighted by atomic mass is 10.2. The number of hydrogen-bond donors (Lipinski definition) is 0. The molecule has 6 heteroatoms. The van der Waals surface area contributed by atoms with Gasteiger partial charge in [0, 0.05) is 24.1 Å². The highest BCUT2D eigenvalue weighted by molar-refractivity contribution is 14.1. The van der Waals surface area contributed by atoms with Crippen LogP contribution in [0.4, 0.5) is 0 Å². The Hall–Kier alpha value is 0.210. The van der Waals surface area contributed by atoms with Gasteiger partial charge in [-0.05, 0) is 48.1 Å². The minimum absolute atomic E-state index is 0.118. The van der Waals surface area contributed by atoms with E-state index < -0.39 is 0 Å². The van der Waals surface area contributed by atoms with Gasteiger partial charge in [-0.15, -0.1) is 0 Å². The molecule has 0 aromatic carbocycles. The topological polar surface area (TPSA) is 36.3 Å². The molecule has 2 heterocycles. The van der Waals surface area contributed by atoms with Crippen LogP contribution >= 0.6 is 34.4 Å². The number of rotatable bonds is 6. The predicted molar refractivity (Wildman–Crippen MR) is 81.8 cm³/mol. The Kier molecular flexibility index (Phi) is 6.26. The number of aromatic nitrogens is 2. The first-order valence-electron chi connectivity index (χ1n) is 6.23. The number of nitrogens with zero attached hydrogens (tertiary/aromatic N) is 2. The molecule has 1 fully saturated rings. The number of ether oxygens (including phenoxy) is 2. The summed E-state index contributed by atoms with van der Waals surface area (Å²) in [6.45, 7) is 2.29. The average molecular weight is 382 g/mol. The van der Waals surface area contributed by atoms with E-state index in [2.05, 4.69) is 40.1 Å². The summed E-state index contributed by atoms with van der Waals surface area (Å²) in [6, 6.07) is 0. The molecule has 1 aliphatic heterocycles. The zero-order valence-corrected chi connectivity index (χ0v) is 13.6. The van der Waals surface area contributed by atoms with Gasteiger partial charge in [-0.2, -0.15) is 16.9 Å². The van der Waals surface area contributed by atoms with Crippen LogP contribution in [0.2, 0.25) is 0 Å². The molecule has 1 aromatic heterocycles. The lowest BCUT2D eigenvalue weighted by Gasteiger charge is -2.22. The van der Waals surface area contributed by atoms with Crippen LogP contribution in [0.5, 0.6) is 0 Å². The molecule has 1 atom stereocenters. The van der Waals surface area contributed by atoms with Gasteiger partial charge < -0.3 is 9.47 Å². The van der Waals surface area contributed by atoms with Crippen molar-refractivity contribution >= 4 is 34.4 Å². The summed E-state index contributed by atoms with van der Waals surface area (Å²) in [5, 5.41) is 4.53. The van der Waals surface area contributed by atoms with Gasteiger partial charge in [0.05, 0.1) is 13.2 Å². The fourth-order valence-corrected chi connectivity index (χ4v) is 2.74. The quantitative estimate of drug-likeness (QED) is 0.560. The van der Waals surface area contributed by atoms with Crippen molar-refractivity contribution < 1.29 is 9.47 Å². The number of thioether (sulfide) groups is 1. The smallest absolute Gasteiger partial charge is 0.150 e. The first-order valence-corrected chi connectivity index (χ1v) is 8.70. The highest BCUT2D eigenvalue weighted by Crippen LogP contribution is 2.23. The third kappa shape index (κ3) is 4.11. The van der Waals surface area contributed by atoms with Gasteiger partial charge in [0.1, 0.15) is 9.93 Å². The van der Waals surface area contributed by atoms with Crippen molar-refractivity contribution in [2.75, 3.05) is 25.2 Å². The Morgan fingerprint density at radius 1 is 1.61 bits per heavy atom. The van der Waals surface area contributed by atoms with Crippen molar-refractivity contribution in [3.05, 3.63) is 15.5 Å². The van der Waals surface area contributed by atoms with Gasteiger partial charge >= 0.3 is 0 Å². The molecule has 0 radical (unpaired) electrons. The van der Waals surface area contributed by atoms with E-state index >= 15 is 0 Å². The normalized spacial score (nSPS) is 20.2. The zero-order valence-electron chi connectivity index (χ0n) is 10.6. The van der Waals surface area contributed by atoms with E-state index in [0.29, 0.717) is 6.61 Å². The molecule has 0 amide bonds. The van der Waals surface area contributed by atoms with Crippen molar-refractivity contribution in [2.45, 2.75) is 32.1 Å². The van der Waals surface area contributed by atoms with Crippen molar-refractivity contribution in [2.24, 2.45) is 0 Å². The van der Waals surface area contributed by atoms with Crippen LogP contribution in [0, 0.1) is 3.70 Å². The Morgan fingerprint density at radius 2 is 2.50 bits per heavy atom. The Bertz CT molecular complexity index is 367. The first-order chi connectivity index (χ1) is 8.81. The van der Waals surface area contributed by atoms with E-state index in [-0.39, 0.29) is 6.23 Å². The van der Waals surface area contributed by atoms with Crippen molar-refractivity contribution in [3.8, 4) is 0 Å². The lowest BCUT2D eigenvalue weighted by molar-refractivity contribution is -0.0397. The Labute approximate surface area is 126 Å². The molecular weight excluding hydrogens is 363 g/mol. The number of hydrogen-bond acceptors (Lipinski definition) is 4. The average Bonchev–Trinajstić information content (AvgIpc) is 2.77. The summed E-state index contributed by atoms with van der Waals surface area (Å²) >= 11 is 4.07. The summed E-state index contributed by atoms with van der Waals surface area (Å²) in [5.41, 5.74) is 1.16. The molecule has 0 aliphatic carbocycles. The van der Waals surface area contributed by atoms with Crippen LogP contribution < -0.4 is 0 Å². The molecule has 1 aromatic rings. The summed E-state index contributed by atoms with van der Waals surface area (Å²) < 4.78 is 14.3. The van der Waals surface area contributed by atoms with Gasteiger partial charge in [0.15, 0.2) is 0 Å². The minimum Gasteiger partial charge on any atom is -0.376 e. The highest BCUT2D eigenvalue weighted by atomic mass is 127. The minimum atomic E-state index is 0.118. The fraction of sp³-hybridized carbons (Fsp3) is 0.750. The van der Waals surface area contributed by atoms with Crippen LogP contribution in [-0.4, -0.2) is 35.0 Å². The summed E-state index contributed by atoms with van der Waals surface area (Å²) in [6.07, 6.45) is 7.72. The molecule has 18 heavy (non-hydrogen) atoms. The Morgan fingerprint density at radius 3 is 3.22 bits per heavy atom. The van der Waals surface area contributed by atoms with Gasteiger partial charge in [0.25, 0.3) is 0 Å². The van der Waals surface area contributed by atoms with E-state index in [4.69, 9.17) is 9.47 Å². The molecule has 0 N–H and O–H groups in total. The van der Waals surface area contributed by atoms with E-state index in [1.807, 2.05) is 4.68 Å². The summed E-state index contributed by atoms with van der Waals surface area (Å²) in [7, 11) is 0. The molecular formula is C12H19IN2O2S. The van der Waals surface area contributed by atoms with Crippen molar-refractivity contribution in [3.63, 3.8) is 0 Å². The van der Waals surface area contributed by atoms with Gasteiger partial charge in [-0.3, -0.25) is 0 Å². The number of halogens is 1. The maximum absolute atomic E-state index is 5.73. The third-order valence-corrected chi connectivity index (χ3v) is 4.38. The largest absolute Gasteiger partial charge is 0.376 e. The monoisotopic (exact) mass is 382 g/mol. The van der Waals surface area contributed by atoms with E-state index in [1.165, 1.54) is 12.8 Å². The molecule has 102 valence electrons. The van der Waals surface area contributed by atoms with Crippen LogP contribution in [0.25, 0.3) is 0 Å². The second-order valence-electron chi connectivity index (χ2n) is 4.29.